The molecule has 1 aliphatic carbocycles. The van der Waals surface area contributed by atoms with Crippen LogP contribution in [0.4, 0.5) is 0 Å². The van der Waals surface area contributed by atoms with Crippen LogP contribution in [0.15, 0.2) is 18.2 Å². The fraction of sp³-hybridized carbons (Fsp3) is 0.500. The van der Waals surface area contributed by atoms with Gasteiger partial charge >= 0.3 is 5.97 Å². The molecule has 22 heavy (non-hydrogen) atoms. The highest BCUT2D eigenvalue weighted by molar-refractivity contribution is 5.95. The summed E-state index contributed by atoms with van der Waals surface area (Å²) in [6.45, 7) is 4.41. The molecular weight excluding hydrogens is 286 g/mol. The van der Waals surface area contributed by atoms with Crippen LogP contribution in [0.5, 0.6) is 11.5 Å². The Hall–Kier alpha value is -2.24. The number of ether oxygens (including phenoxy) is 2. The van der Waals surface area contributed by atoms with E-state index in [2.05, 4.69) is 0 Å². The number of nitrogens with zero attached hydrogens (tertiary/aromatic N) is 1. The van der Waals surface area contributed by atoms with Crippen LogP contribution in [0.1, 0.15) is 37.0 Å². The molecule has 0 atom stereocenters. The summed E-state index contributed by atoms with van der Waals surface area (Å²) in [6.07, 6.45) is 2.11. The van der Waals surface area contributed by atoms with Crippen LogP contribution in [-0.2, 0) is 4.79 Å². The Morgan fingerprint density at radius 1 is 1.23 bits per heavy atom. The van der Waals surface area contributed by atoms with Gasteiger partial charge in [0.15, 0.2) is 18.1 Å². The molecule has 0 aromatic heterocycles. The van der Waals surface area contributed by atoms with Crippen LogP contribution in [0, 0.1) is 0 Å². The van der Waals surface area contributed by atoms with Crippen LogP contribution < -0.4 is 9.47 Å². The van der Waals surface area contributed by atoms with E-state index < -0.39 is 12.6 Å². The van der Waals surface area contributed by atoms with Gasteiger partial charge in [-0.15, -0.1) is 0 Å². The molecule has 6 nitrogen and oxygen atoms in total. The van der Waals surface area contributed by atoms with E-state index in [1.54, 1.807) is 18.2 Å². The van der Waals surface area contributed by atoms with Gasteiger partial charge in [0.25, 0.3) is 5.91 Å². The number of carboxylic acid groups (broad SMARTS) is 1. The van der Waals surface area contributed by atoms with Gasteiger partial charge in [0.05, 0.1) is 6.61 Å². The third-order valence-corrected chi connectivity index (χ3v) is 3.43. The number of rotatable bonds is 8. The van der Waals surface area contributed by atoms with Gasteiger partial charge in [-0.05, 0) is 44.9 Å². The Labute approximate surface area is 129 Å². The Morgan fingerprint density at radius 3 is 2.50 bits per heavy atom. The van der Waals surface area contributed by atoms with Gasteiger partial charge in [0, 0.05) is 18.2 Å². The van der Waals surface area contributed by atoms with Crippen molar-refractivity contribution in [2.24, 2.45) is 0 Å². The van der Waals surface area contributed by atoms with Crippen molar-refractivity contribution < 1.29 is 24.2 Å². The molecule has 0 saturated heterocycles. The Balaban J connectivity index is 2.19. The highest BCUT2D eigenvalue weighted by atomic mass is 16.5. The second kappa shape index (κ2) is 7.15. The van der Waals surface area contributed by atoms with Gasteiger partial charge in [-0.3, -0.25) is 4.79 Å². The van der Waals surface area contributed by atoms with E-state index in [0.717, 1.165) is 12.8 Å². The Morgan fingerprint density at radius 2 is 1.95 bits per heavy atom. The van der Waals surface area contributed by atoms with Crippen molar-refractivity contribution in [3.63, 3.8) is 0 Å². The van der Waals surface area contributed by atoms with Crippen molar-refractivity contribution in [2.45, 2.75) is 32.7 Å². The molecule has 0 bridgehead atoms. The molecule has 1 amide bonds. The molecule has 0 aliphatic heterocycles. The zero-order valence-electron chi connectivity index (χ0n) is 12.9. The molecule has 1 fully saturated rings. The van der Waals surface area contributed by atoms with E-state index in [-0.39, 0.29) is 5.91 Å². The van der Waals surface area contributed by atoms with Crippen LogP contribution in [0.2, 0.25) is 0 Å². The predicted molar refractivity (Wildman–Crippen MR) is 80.5 cm³/mol. The van der Waals surface area contributed by atoms with E-state index in [9.17, 15) is 9.59 Å². The van der Waals surface area contributed by atoms with E-state index >= 15 is 0 Å². The number of aliphatic carboxylic acids is 1. The van der Waals surface area contributed by atoms with Crippen LogP contribution in [0.25, 0.3) is 0 Å². The van der Waals surface area contributed by atoms with Gasteiger partial charge in [0.2, 0.25) is 0 Å². The molecule has 0 spiro atoms. The van der Waals surface area contributed by atoms with Gasteiger partial charge in [-0.25, -0.2) is 4.79 Å². The maximum Gasteiger partial charge on any atom is 0.341 e. The lowest BCUT2D eigenvalue weighted by molar-refractivity contribution is -0.139. The second-order valence-electron chi connectivity index (χ2n) is 5.10. The summed E-state index contributed by atoms with van der Waals surface area (Å²) in [7, 11) is 0. The van der Waals surface area contributed by atoms with Gasteiger partial charge in [-0.1, -0.05) is 0 Å². The summed E-state index contributed by atoms with van der Waals surface area (Å²) in [6, 6.07) is 5.19. The molecule has 0 radical (unpaired) electrons. The Bertz CT molecular complexity index is 553. The van der Waals surface area contributed by atoms with Crippen molar-refractivity contribution in [3.8, 4) is 11.5 Å². The zero-order chi connectivity index (χ0) is 16.1. The molecular formula is C16H21NO5. The Kier molecular flexibility index (Phi) is 5.25. The van der Waals surface area contributed by atoms with Crippen LogP contribution in [0.3, 0.4) is 0 Å². The van der Waals surface area contributed by atoms with Gasteiger partial charge in [0.1, 0.15) is 0 Å². The van der Waals surface area contributed by atoms with Gasteiger partial charge < -0.3 is 19.5 Å². The molecule has 1 aromatic carbocycles. The molecule has 1 aliphatic rings. The minimum Gasteiger partial charge on any atom is -0.490 e. The summed E-state index contributed by atoms with van der Waals surface area (Å²) >= 11 is 0. The molecule has 0 unspecified atom stereocenters. The van der Waals surface area contributed by atoms with E-state index in [0.29, 0.717) is 36.3 Å². The molecule has 2 rings (SSSR count). The number of benzene rings is 1. The van der Waals surface area contributed by atoms with Crippen molar-refractivity contribution in [3.05, 3.63) is 23.8 Å². The molecule has 1 N–H and O–H groups in total. The maximum absolute atomic E-state index is 12.5. The fourth-order valence-corrected chi connectivity index (χ4v) is 2.29. The number of carbonyl (C=O) groups excluding carboxylic acids is 1. The third kappa shape index (κ3) is 3.90. The zero-order valence-corrected chi connectivity index (χ0v) is 12.9. The summed E-state index contributed by atoms with van der Waals surface area (Å²) in [5, 5.41) is 8.68. The molecule has 1 aromatic rings. The van der Waals surface area contributed by atoms with E-state index in [1.807, 2.05) is 18.7 Å². The SMILES string of the molecule is CCOc1cc(C(=O)N(CC)C2CC2)ccc1OCC(=O)O. The van der Waals surface area contributed by atoms with Crippen LogP contribution in [-0.4, -0.2) is 47.7 Å². The lowest BCUT2D eigenvalue weighted by Crippen LogP contribution is -2.32. The van der Waals surface area contributed by atoms with E-state index in [1.165, 1.54) is 0 Å². The van der Waals surface area contributed by atoms with Crippen molar-refractivity contribution in [2.75, 3.05) is 19.8 Å². The average Bonchev–Trinajstić information content (AvgIpc) is 3.31. The largest absolute Gasteiger partial charge is 0.490 e. The maximum atomic E-state index is 12.5. The van der Waals surface area contributed by atoms with Crippen molar-refractivity contribution >= 4 is 11.9 Å². The van der Waals surface area contributed by atoms with Gasteiger partial charge in [-0.2, -0.15) is 0 Å². The first kappa shape index (κ1) is 16.1. The first-order valence-electron chi connectivity index (χ1n) is 7.49. The average molecular weight is 307 g/mol. The minimum absolute atomic E-state index is 0.0317. The summed E-state index contributed by atoms with van der Waals surface area (Å²) in [5.41, 5.74) is 0.528. The molecule has 0 heterocycles. The highest BCUT2D eigenvalue weighted by Gasteiger charge is 2.32. The standard InChI is InChI=1S/C16H21NO5/c1-3-17(12-6-7-12)16(20)11-5-8-13(22-10-15(18)19)14(9-11)21-4-2/h5,8-9,12H,3-4,6-7,10H2,1-2H3,(H,18,19). The molecule has 1 saturated carbocycles. The second-order valence-corrected chi connectivity index (χ2v) is 5.10. The lowest BCUT2D eigenvalue weighted by Gasteiger charge is -2.21. The molecule has 6 heteroatoms. The number of carboxylic acids is 1. The smallest absolute Gasteiger partial charge is 0.341 e. The predicted octanol–water partition coefficient (Wildman–Crippen LogP) is 2.17. The summed E-state index contributed by atoms with van der Waals surface area (Å²) in [5.74, 6) is -0.374. The lowest BCUT2D eigenvalue weighted by atomic mass is 10.1. The number of hydrogen-bond donors (Lipinski definition) is 1. The monoisotopic (exact) mass is 307 g/mol. The highest BCUT2D eigenvalue weighted by Crippen LogP contribution is 2.32. The van der Waals surface area contributed by atoms with E-state index in [4.69, 9.17) is 14.6 Å². The first-order chi connectivity index (χ1) is 10.6. The fourth-order valence-electron chi connectivity index (χ4n) is 2.29. The number of amides is 1. The molecule has 120 valence electrons. The first-order valence-corrected chi connectivity index (χ1v) is 7.49. The summed E-state index contributed by atoms with van der Waals surface area (Å²) < 4.78 is 10.6. The number of hydrogen-bond acceptors (Lipinski definition) is 4. The minimum atomic E-state index is -1.06. The number of carbonyl (C=O) groups is 2. The quantitative estimate of drug-likeness (QED) is 0.796. The van der Waals surface area contributed by atoms with Crippen molar-refractivity contribution in [1.29, 1.82) is 0 Å². The summed E-state index contributed by atoms with van der Waals surface area (Å²) in [4.78, 5) is 25.0. The van der Waals surface area contributed by atoms with Crippen LogP contribution >= 0.6 is 0 Å². The topological polar surface area (TPSA) is 76.1 Å². The normalized spacial score (nSPS) is 13.5. The van der Waals surface area contributed by atoms with Crippen molar-refractivity contribution in [1.82, 2.24) is 4.90 Å². The third-order valence-electron chi connectivity index (χ3n) is 3.43.